The van der Waals surface area contributed by atoms with E-state index in [4.69, 9.17) is 4.74 Å². The van der Waals surface area contributed by atoms with Crippen LogP contribution in [-0.4, -0.2) is 17.1 Å². The minimum Gasteiger partial charge on any atom is -0.493 e. The first-order valence-electron chi connectivity index (χ1n) is 6.69. The standard InChI is InChI=1S/C15H26N2O/c1-12(2)7-9-18-14-6-8-16-10-13(14)11-17-15(3,4)5/h6,8,10,12,17H,7,9,11H2,1-5H3. The Morgan fingerprint density at radius 3 is 2.67 bits per heavy atom. The average Bonchev–Trinajstić information content (AvgIpc) is 2.26. The summed E-state index contributed by atoms with van der Waals surface area (Å²) in [6, 6.07) is 1.94. The lowest BCUT2D eigenvalue weighted by Crippen LogP contribution is -2.35. The van der Waals surface area contributed by atoms with Crippen LogP contribution in [0.2, 0.25) is 0 Å². The Hall–Kier alpha value is -1.09. The number of ether oxygens (including phenoxy) is 1. The van der Waals surface area contributed by atoms with Crippen LogP contribution in [0.3, 0.4) is 0 Å². The molecule has 1 N–H and O–H groups in total. The molecule has 0 aliphatic heterocycles. The molecule has 1 heterocycles. The first kappa shape index (κ1) is 15.0. The molecule has 0 atom stereocenters. The Bertz CT molecular complexity index is 356. The van der Waals surface area contributed by atoms with E-state index < -0.39 is 0 Å². The molecule has 3 nitrogen and oxygen atoms in total. The predicted octanol–water partition coefficient (Wildman–Crippen LogP) is 3.39. The second-order valence-electron chi connectivity index (χ2n) is 6.12. The molecule has 1 rings (SSSR count). The van der Waals surface area contributed by atoms with Gasteiger partial charge >= 0.3 is 0 Å². The Morgan fingerprint density at radius 2 is 2.06 bits per heavy atom. The SMILES string of the molecule is CC(C)CCOc1ccncc1CNC(C)(C)C. The molecule has 0 saturated heterocycles. The molecule has 0 aliphatic carbocycles. The highest BCUT2D eigenvalue weighted by atomic mass is 16.5. The van der Waals surface area contributed by atoms with E-state index in [0.717, 1.165) is 30.9 Å². The quantitative estimate of drug-likeness (QED) is 0.840. The van der Waals surface area contributed by atoms with Crippen LogP contribution in [0.1, 0.15) is 46.6 Å². The molecule has 0 fully saturated rings. The largest absolute Gasteiger partial charge is 0.493 e. The van der Waals surface area contributed by atoms with Gasteiger partial charge < -0.3 is 10.1 Å². The van der Waals surface area contributed by atoms with E-state index in [1.54, 1.807) is 6.20 Å². The fourth-order valence-corrected chi connectivity index (χ4v) is 1.45. The number of nitrogens with one attached hydrogen (secondary N) is 1. The molecular formula is C15H26N2O. The van der Waals surface area contributed by atoms with Crippen molar-refractivity contribution in [2.45, 2.75) is 53.1 Å². The average molecular weight is 250 g/mol. The summed E-state index contributed by atoms with van der Waals surface area (Å²) in [6.45, 7) is 12.4. The molecular weight excluding hydrogens is 224 g/mol. The molecule has 0 bridgehead atoms. The van der Waals surface area contributed by atoms with Crippen molar-refractivity contribution in [3.8, 4) is 5.75 Å². The van der Waals surface area contributed by atoms with Crippen molar-refractivity contribution in [2.24, 2.45) is 5.92 Å². The number of hydrogen-bond donors (Lipinski definition) is 1. The number of rotatable bonds is 6. The van der Waals surface area contributed by atoms with Crippen LogP contribution in [0.15, 0.2) is 18.5 Å². The highest BCUT2D eigenvalue weighted by Gasteiger charge is 2.11. The van der Waals surface area contributed by atoms with Crippen molar-refractivity contribution in [1.29, 1.82) is 0 Å². The second kappa shape index (κ2) is 6.74. The van der Waals surface area contributed by atoms with Crippen LogP contribution in [0.4, 0.5) is 0 Å². The Morgan fingerprint density at radius 1 is 1.33 bits per heavy atom. The van der Waals surface area contributed by atoms with E-state index in [-0.39, 0.29) is 5.54 Å². The summed E-state index contributed by atoms with van der Waals surface area (Å²) in [4.78, 5) is 4.17. The van der Waals surface area contributed by atoms with E-state index >= 15 is 0 Å². The summed E-state index contributed by atoms with van der Waals surface area (Å²) in [6.07, 6.45) is 4.74. The highest BCUT2D eigenvalue weighted by molar-refractivity contribution is 5.30. The van der Waals surface area contributed by atoms with Gasteiger partial charge in [0, 0.05) is 30.0 Å². The highest BCUT2D eigenvalue weighted by Crippen LogP contribution is 2.18. The lowest BCUT2D eigenvalue weighted by Gasteiger charge is -2.21. The molecule has 3 heteroatoms. The minimum absolute atomic E-state index is 0.102. The summed E-state index contributed by atoms with van der Waals surface area (Å²) in [5.74, 6) is 1.62. The first-order valence-corrected chi connectivity index (χ1v) is 6.69. The van der Waals surface area contributed by atoms with Crippen molar-refractivity contribution < 1.29 is 4.74 Å². The maximum atomic E-state index is 5.83. The van der Waals surface area contributed by atoms with Crippen LogP contribution in [0, 0.1) is 5.92 Å². The molecule has 0 unspecified atom stereocenters. The fraction of sp³-hybridized carbons (Fsp3) is 0.667. The van der Waals surface area contributed by atoms with Crippen LogP contribution in [0.5, 0.6) is 5.75 Å². The van der Waals surface area contributed by atoms with E-state index in [1.807, 2.05) is 12.3 Å². The normalized spacial score (nSPS) is 11.9. The van der Waals surface area contributed by atoms with Gasteiger partial charge in [0.2, 0.25) is 0 Å². The molecule has 18 heavy (non-hydrogen) atoms. The van der Waals surface area contributed by atoms with Crippen molar-refractivity contribution in [1.82, 2.24) is 10.3 Å². The van der Waals surface area contributed by atoms with Crippen LogP contribution >= 0.6 is 0 Å². The van der Waals surface area contributed by atoms with Gasteiger partial charge in [-0.05, 0) is 39.2 Å². The van der Waals surface area contributed by atoms with E-state index in [0.29, 0.717) is 5.92 Å². The van der Waals surface area contributed by atoms with Crippen molar-refractivity contribution >= 4 is 0 Å². The topological polar surface area (TPSA) is 34.1 Å². The Balaban J connectivity index is 2.56. The van der Waals surface area contributed by atoms with Gasteiger partial charge in [0.05, 0.1) is 6.61 Å². The van der Waals surface area contributed by atoms with Gasteiger partial charge in [-0.25, -0.2) is 0 Å². The Kier molecular flexibility index (Phi) is 5.60. The molecule has 1 aromatic heterocycles. The molecule has 102 valence electrons. The van der Waals surface area contributed by atoms with Gasteiger partial charge in [0.1, 0.15) is 5.75 Å². The van der Waals surface area contributed by atoms with Gasteiger partial charge in [-0.2, -0.15) is 0 Å². The summed E-state index contributed by atoms with van der Waals surface area (Å²) < 4.78 is 5.83. The fourth-order valence-electron chi connectivity index (χ4n) is 1.45. The van der Waals surface area contributed by atoms with Crippen LogP contribution in [0.25, 0.3) is 0 Å². The van der Waals surface area contributed by atoms with Gasteiger partial charge in [-0.3, -0.25) is 4.98 Å². The number of nitrogens with zero attached hydrogens (tertiary/aromatic N) is 1. The summed E-state index contributed by atoms with van der Waals surface area (Å²) in [5, 5.41) is 3.46. The molecule has 0 saturated carbocycles. The summed E-state index contributed by atoms with van der Waals surface area (Å²) in [7, 11) is 0. The number of aromatic nitrogens is 1. The third-order valence-electron chi connectivity index (χ3n) is 2.62. The molecule has 0 aliphatic rings. The second-order valence-corrected chi connectivity index (χ2v) is 6.12. The lowest BCUT2D eigenvalue weighted by atomic mass is 10.1. The van der Waals surface area contributed by atoms with Crippen molar-refractivity contribution in [3.05, 3.63) is 24.0 Å². The number of pyridine rings is 1. The summed E-state index contributed by atoms with van der Waals surface area (Å²) >= 11 is 0. The van der Waals surface area contributed by atoms with E-state index in [1.165, 1.54) is 0 Å². The maximum Gasteiger partial charge on any atom is 0.126 e. The zero-order valence-corrected chi connectivity index (χ0v) is 12.3. The molecule has 0 radical (unpaired) electrons. The third-order valence-corrected chi connectivity index (χ3v) is 2.62. The molecule has 0 amide bonds. The van der Waals surface area contributed by atoms with Gasteiger partial charge in [-0.15, -0.1) is 0 Å². The zero-order chi connectivity index (χ0) is 13.6. The lowest BCUT2D eigenvalue weighted by molar-refractivity contribution is 0.284. The Labute approximate surface area is 111 Å². The van der Waals surface area contributed by atoms with Gasteiger partial charge in [-0.1, -0.05) is 13.8 Å². The maximum absolute atomic E-state index is 5.83. The van der Waals surface area contributed by atoms with Crippen LogP contribution in [-0.2, 0) is 6.54 Å². The third kappa shape index (κ3) is 6.01. The van der Waals surface area contributed by atoms with Crippen molar-refractivity contribution in [2.75, 3.05) is 6.61 Å². The molecule has 0 aromatic carbocycles. The van der Waals surface area contributed by atoms with Gasteiger partial charge in [0.15, 0.2) is 0 Å². The molecule has 0 spiro atoms. The molecule has 1 aromatic rings. The first-order chi connectivity index (χ1) is 8.38. The monoisotopic (exact) mass is 250 g/mol. The van der Waals surface area contributed by atoms with E-state index in [9.17, 15) is 0 Å². The summed E-state index contributed by atoms with van der Waals surface area (Å²) in [5.41, 5.74) is 1.22. The van der Waals surface area contributed by atoms with E-state index in [2.05, 4.69) is 44.9 Å². The smallest absolute Gasteiger partial charge is 0.126 e. The zero-order valence-electron chi connectivity index (χ0n) is 12.3. The minimum atomic E-state index is 0.102. The predicted molar refractivity (Wildman–Crippen MR) is 75.8 cm³/mol. The van der Waals surface area contributed by atoms with Crippen molar-refractivity contribution in [3.63, 3.8) is 0 Å². The van der Waals surface area contributed by atoms with Gasteiger partial charge in [0.25, 0.3) is 0 Å². The number of hydrogen-bond acceptors (Lipinski definition) is 3. The van der Waals surface area contributed by atoms with Crippen LogP contribution < -0.4 is 10.1 Å².